The second-order valence-electron chi connectivity index (χ2n) is 7.72. The van der Waals surface area contributed by atoms with Crippen molar-refractivity contribution in [2.24, 2.45) is 11.8 Å². The summed E-state index contributed by atoms with van der Waals surface area (Å²) >= 11 is 2.12. The lowest BCUT2D eigenvalue weighted by Crippen LogP contribution is -2.28. The quantitative estimate of drug-likeness (QED) is 0.735. The smallest absolute Gasteiger partial charge is 0.264 e. The number of nitrogens with zero attached hydrogens (tertiary/aromatic N) is 1. The summed E-state index contributed by atoms with van der Waals surface area (Å²) in [5, 5.41) is 0. The van der Waals surface area contributed by atoms with Crippen molar-refractivity contribution < 1.29 is 0 Å². The Balaban J connectivity index is 2.26. The van der Waals surface area contributed by atoms with Gasteiger partial charge >= 0.3 is 0 Å². The number of aromatic nitrogens is 2. The van der Waals surface area contributed by atoms with Gasteiger partial charge in [-0.05, 0) is 60.1 Å². The molecule has 1 saturated carbocycles. The number of hydrogen-bond donors (Lipinski definition) is 1. The van der Waals surface area contributed by atoms with Crippen molar-refractivity contribution in [3.8, 4) is 0 Å². The highest BCUT2D eigenvalue weighted by Gasteiger charge is 2.28. The summed E-state index contributed by atoms with van der Waals surface area (Å²) in [7, 11) is 0. The van der Waals surface area contributed by atoms with Gasteiger partial charge in [0, 0.05) is 11.3 Å². The highest BCUT2D eigenvalue weighted by Crippen LogP contribution is 2.37. The highest BCUT2D eigenvalue weighted by molar-refractivity contribution is 14.1. The van der Waals surface area contributed by atoms with Gasteiger partial charge in [-0.25, -0.2) is 4.98 Å². The molecule has 2 rings (SSSR count). The fourth-order valence-corrected chi connectivity index (χ4v) is 4.29. The minimum absolute atomic E-state index is 0.0245. The molecule has 1 aliphatic rings. The zero-order chi connectivity index (χ0) is 15.8. The van der Waals surface area contributed by atoms with Gasteiger partial charge in [-0.1, -0.05) is 34.6 Å². The van der Waals surface area contributed by atoms with Gasteiger partial charge in [-0.2, -0.15) is 0 Å². The first-order valence-corrected chi connectivity index (χ1v) is 9.08. The van der Waals surface area contributed by atoms with Crippen molar-refractivity contribution in [2.45, 2.75) is 71.6 Å². The molecule has 1 heterocycles. The first-order chi connectivity index (χ1) is 9.70. The lowest BCUT2D eigenvalue weighted by molar-refractivity contribution is 0.254. The highest BCUT2D eigenvalue weighted by atomic mass is 127. The van der Waals surface area contributed by atoms with Crippen LogP contribution in [-0.4, -0.2) is 9.97 Å². The van der Waals surface area contributed by atoms with E-state index in [0.29, 0.717) is 5.92 Å². The molecule has 0 aliphatic heterocycles. The molecule has 0 unspecified atom stereocenters. The van der Waals surface area contributed by atoms with Crippen molar-refractivity contribution in [1.29, 1.82) is 0 Å². The van der Waals surface area contributed by atoms with Crippen LogP contribution in [-0.2, 0) is 5.41 Å². The van der Waals surface area contributed by atoms with Gasteiger partial charge in [-0.3, -0.25) is 4.79 Å². The van der Waals surface area contributed by atoms with E-state index in [1.807, 2.05) is 0 Å². The topological polar surface area (TPSA) is 45.8 Å². The van der Waals surface area contributed by atoms with E-state index in [1.54, 1.807) is 0 Å². The maximum Gasteiger partial charge on any atom is 0.264 e. The Bertz CT molecular complexity index is 549. The van der Waals surface area contributed by atoms with E-state index in [4.69, 9.17) is 4.98 Å². The van der Waals surface area contributed by atoms with Crippen molar-refractivity contribution in [2.75, 3.05) is 0 Å². The van der Waals surface area contributed by atoms with Crippen molar-refractivity contribution in [1.82, 2.24) is 9.97 Å². The van der Waals surface area contributed by atoms with E-state index >= 15 is 0 Å². The number of hydrogen-bond acceptors (Lipinski definition) is 2. The molecule has 0 radical (unpaired) electrons. The molecule has 3 nitrogen and oxygen atoms in total. The third kappa shape index (κ3) is 3.88. The predicted octanol–water partition coefficient (Wildman–Crippen LogP) is 4.60. The zero-order valence-electron chi connectivity index (χ0n) is 13.8. The lowest BCUT2D eigenvalue weighted by Gasteiger charge is -2.31. The number of halogens is 1. The number of rotatable bonds is 2. The molecule has 21 heavy (non-hydrogen) atoms. The average Bonchev–Trinajstić information content (AvgIpc) is 2.40. The molecular formula is C17H27IN2O. The van der Waals surface area contributed by atoms with E-state index < -0.39 is 0 Å². The standard InChI is InChI=1S/C17H27IN2O/c1-10(2)11-6-8-12(9-7-11)15-19-14(17(3,4)5)13(18)16(21)20-15/h10-12H,6-9H2,1-5H3,(H,19,20,21). The van der Waals surface area contributed by atoms with Crippen LogP contribution in [0.15, 0.2) is 4.79 Å². The molecule has 1 aromatic heterocycles. The van der Waals surface area contributed by atoms with Crippen LogP contribution in [0.1, 0.15) is 77.7 Å². The molecular weight excluding hydrogens is 375 g/mol. The molecule has 0 aromatic carbocycles. The third-order valence-electron chi connectivity index (χ3n) is 4.69. The normalized spacial score (nSPS) is 23.6. The molecule has 0 bridgehead atoms. The molecule has 1 fully saturated rings. The van der Waals surface area contributed by atoms with Crippen LogP contribution >= 0.6 is 22.6 Å². The second-order valence-corrected chi connectivity index (χ2v) is 8.80. The molecule has 0 saturated heterocycles. The SMILES string of the molecule is CC(C)C1CCC(c2nc(C(C)(C)C)c(I)c(=O)[nH]2)CC1. The van der Waals surface area contributed by atoms with Crippen molar-refractivity contribution in [3.05, 3.63) is 25.4 Å². The Labute approximate surface area is 141 Å². The van der Waals surface area contributed by atoms with Crippen LogP contribution in [0.4, 0.5) is 0 Å². The fraction of sp³-hybridized carbons (Fsp3) is 0.765. The second kappa shape index (κ2) is 6.39. The monoisotopic (exact) mass is 402 g/mol. The summed E-state index contributed by atoms with van der Waals surface area (Å²) < 4.78 is 0.736. The maximum absolute atomic E-state index is 12.2. The minimum Gasteiger partial charge on any atom is -0.309 e. The third-order valence-corrected chi connectivity index (χ3v) is 5.69. The van der Waals surface area contributed by atoms with Gasteiger partial charge in [0.25, 0.3) is 5.56 Å². The number of aromatic amines is 1. The van der Waals surface area contributed by atoms with Gasteiger partial charge in [0.15, 0.2) is 0 Å². The zero-order valence-corrected chi connectivity index (χ0v) is 16.0. The van der Waals surface area contributed by atoms with E-state index in [-0.39, 0.29) is 11.0 Å². The Morgan fingerprint density at radius 2 is 1.76 bits per heavy atom. The Hall–Kier alpha value is -0.390. The van der Waals surface area contributed by atoms with Crippen LogP contribution in [0.2, 0.25) is 0 Å². The molecule has 0 atom stereocenters. The number of H-pyrrole nitrogens is 1. The van der Waals surface area contributed by atoms with Gasteiger partial charge in [0.2, 0.25) is 0 Å². The van der Waals surface area contributed by atoms with Crippen LogP contribution in [0.3, 0.4) is 0 Å². The summed E-state index contributed by atoms with van der Waals surface area (Å²) in [4.78, 5) is 20.1. The molecule has 118 valence electrons. The maximum atomic E-state index is 12.2. The molecule has 1 aromatic rings. The van der Waals surface area contributed by atoms with Crippen molar-refractivity contribution in [3.63, 3.8) is 0 Å². The van der Waals surface area contributed by atoms with E-state index in [1.165, 1.54) is 12.8 Å². The van der Waals surface area contributed by atoms with Crippen molar-refractivity contribution >= 4 is 22.6 Å². The van der Waals surface area contributed by atoms with Gasteiger partial charge in [0.1, 0.15) is 9.39 Å². The Morgan fingerprint density at radius 1 is 1.19 bits per heavy atom. The lowest BCUT2D eigenvalue weighted by atomic mass is 9.76. The van der Waals surface area contributed by atoms with Gasteiger partial charge in [-0.15, -0.1) is 0 Å². The molecule has 4 heteroatoms. The van der Waals surface area contributed by atoms with Gasteiger partial charge < -0.3 is 4.98 Å². The van der Waals surface area contributed by atoms with E-state index in [9.17, 15) is 4.79 Å². The van der Waals surface area contributed by atoms with Crippen LogP contribution < -0.4 is 5.56 Å². The summed E-state index contributed by atoms with van der Waals surface area (Å²) in [6, 6.07) is 0. The molecule has 1 N–H and O–H groups in total. The Kier molecular flexibility index (Phi) is 5.16. The van der Waals surface area contributed by atoms with Gasteiger partial charge in [0.05, 0.1) is 5.69 Å². The Morgan fingerprint density at radius 3 is 2.24 bits per heavy atom. The van der Waals surface area contributed by atoms with E-state index in [2.05, 4.69) is 62.2 Å². The summed E-state index contributed by atoms with van der Waals surface area (Å²) in [5.74, 6) is 2.93. The summed E-state index contributed by atoms with van der Waals surface area (Å²) in [6.45, 7) is 11.0. The molecule has 1 aliphatic carbocycles. The predicted molar refractivity (Wildman–Crippen MR) is 95.8 cm³/mol. The molecule has 0 spiro atoms. The summed E-state index contributed by atoms with van der Waals surface area (Å²) in [5.41, 5.74) is 0.874. The van der Waals surface area contributed by atoms with Crippen LogP contribution in [0, 0.1) is 15.4 Å². The van der Waals surface area contributed by atoms with E-state index in [0.717, 1.165) is 39.8 Å². The molecule has 0 amide bonds. The largest absolute Gasteiger partial charge is 0.309 e. The fourth-order valence-electron chi connectivity index (χ4n) is 3.23. The first-order valence-electron chi connectivity index (χ1n) is 8.00. The summed E-state index contributed by atoms with van der Waals surface area (Å²) in [6.07, 6.45) is 4.80. The average molecular weight is 402 g/mol. The minimum atomic E-state index is -0.0886. The first kappa shape index (κ1) is 17.0. The number of nitrogens with one attached hydrogen (secondary N) is 1. The van der Waals surface area contributed by atoms with Crippen LogP contribution in [0.5, 0.6) is 0 Å². The van der Waals surface area contributed by atoms with Crippen LogP contribution in [0.25, 0.3) is 0 Å².